The zero-order valence-electron chi connectivity index (χ0n) is 11.7. The quantitative estimate of drug-likeness (QED) is 0.684. The van der Waals surface area contributed by atoms with E-state index < -0.39 is 0 Å². The van der Waals surface area contributed by atoms with Crippen LogP contribution in [-0.2, 0) is 0 Å². The molecule has 0 heterocycles. The van der Waals surface area contributed by atoms with Crippen LogP contribution in [0.5, 0.6) is 0 Å². The topological polar surface area (TPSA) is 12.0 Å². The zero-order valence-corrected chi connectivity index (χ0v) is 14.8. The van der Waals surface area contributed by atoms with Crippen molar-refractivity contribution >= 4 is 39.1 Å². The van der Waals surface area contributed by atoms with Gasteiger partial charge in [0.2, 0.25) is 0 Å². The summed E-state index contributed by atoms with van der Waals surface area (Å²) >= 11 is 16.0. The molecule has 0 bridgehead atoms. The van der Waals surface area contributed by atoms with Crippen LogP contribution in [0.4, 0.5) is 4.39 Å². The lowest BCUT2D eigenvalue weighted by molar-refractivity contribution is 0.606. The number of rotatable bonds is 4. The number of benzene rings is 2. The van der Waals surface area contributed by atoms with Gasteiger partial charge in [0, 0.05) is 14.5 Å². The molecule has 1 N–H and O–H groups in total. The molecule has 0 saturated heterocycles. The van der Waals surface area contributed by atoms with E-state index in [1.165, 1.54) is 6.07 Å². The van der Waals surface area contributed by atoms with Gasteiger partial charge in [0.15, 0.2) is 0 Å². The summed E-state index contributed by atoms with van der Waals surface area (Å²) in [6.07, 6.45) is 0. The van der Waals surface area contributed by atoms with Crippen molar-refractivity contribution in [2.45, 2.75) is 19.9 Å². The molecule has 112 valence electrons. The predicted molar refractivity (Wildman–Crippen MR) is 90.8 cm³/mol. The first-order valence-corrected chi connectivity index (χ1v) is 8.12. The van der Waals surface area contributed by atoms with Gasteiger partial charge in [0.05, 0.1) is 6.04 Å². The molecule has 0 radical (unpaired) electrons. The Balaban J connectivity index is 2.55. The molecular weight excluding hydrogens is 376 g/mol. The van der Waals surface area contributed by atoms with Crippen LogP contribution in [0.15, 0.2) is 34.8 Å². The highest BCUT2D eigenvalue weighted by molar-refractivity contribution is 9.10. The smallest absolute Gasteiger partial charge is 0.127 e. The van der Waals surface area contributed by atoms with Gasteiger partial charge in [-0.2, -0.15) is 0 Å². The van der Waals surface area contributed by atoms with Crippen molar-refractivity contribution in [3.63, 3.8) is 0 Å². The van der Waals surface area contributed by atoms with Crippen LogP contribution in [0.25, 0.3) is 0 Å². The second-order valence-corrected chi connectivity index (χ2v) is 6.51. The van der Waals surface area contributed by atoms with E-state index in [0.29, 0.717) is 15.6 Å². The van der Waals surface area contributed by atoms with Crippen molar-refractivity contribution in [2.24, 2.45) is 0 Å². The van der Waals surface area contributed by atoms with E-state index in [1.54, 1.807) is 13.0 Å². The molecule has 21 heavy (non-hydrogen) atoms. The molecule has 0 spiro atoms. The number of hydrogen-bond acceptors (Lipinski definition) is 1. The van der Waals surface area contributed by atoms with Crippen molar-refractivity contribution in [3.05, 3.63) is 67.4 Å². The fraction of sp³-hybridized carbons (Fsp3) is 0.250. The summed E-state index contributed by atoms with van der Waals surface area (Å²) in [6, 6.07) is 8.64. The standard InChI is InChI=1S/C16H15BrCl2FN/c1-3-21-16(11-5-4-10(17)7-13(11)18)12-6-9(2)15(20)8-14(12)19/h4-8,16,21H,3H2,1-2H3. The van der Waals surface area contributed by atoms with Gasteiger partial charge in [-0.1, -0.05) is 52.1 Å². The molecule has 0 aliphatic heterocycles. The molecule has 0 amide bonds. The lowest BCUT2D eigenvalue weighted by atomic mass is 9.97. The van der Waals surface area contributed by atoms with Crippen LogP contribution in [0.2, 0.25) is 10.0 Å². The summed E-state index contributed by atoms with van der Waals surface area (Å²) in [5.74, 6) is -0.305. The molecule has 2 aromatic rings. The van der Waals surface area contributed by atoms with Gasteiger partial charge >= 0.3 is 0 Å². The van der Waals surface area contributed by atoms with E-state index in [4.69, 9.17) is 23.2 Å². The Morgan fingerprint density at radius 3 is 2.43 bits per heavy atom. The predicted octanol–water partition coefficient (Wildman–Crippen LogP) is 5.90. The van der Waals surface area contributed by atoms with Gasteiger partial charge < -0.3 is 5.32 Å². The number of aryl methyl sites for hydroxylation is 1. The van der Waals surface area contributed by atoms with Gasteiger partial charge in [-0.05, 0) is 54.4 Å². The Morgan fingerprint density at radius 2 is 1.81 bits per heavy atom. The number of halogens is 4. The van der Waals surface area contributed by atoms with Crippen molar-refractivity contribution in [1.29, 1.82) is 0 Å². The van der Waals surface area contributed by atoms with E-state index in [2.05, 4.69) is 21.2 Å². The highest BCUT2D eigenvalue weighted by atomic mass is 79.9. The highest BCUT2D eigenvalue weighted by Crippen LogP contribution is 2.34. The van der Waals surface area contributed by atoms with Crippen LogP contribution in [0, 0.1) is 12.7 Å². The Labute approximate surface area is 142 Å². The normalized spacial score (nSPS) is 12.5. The first-order valence-electron chi connectivity index (χ1n) is 6.58. The van der Waals surface area contributed by atoms with Crippen molar-refractivity contribution in [2.75, 3.05) is 6.54 Å². The van der Waals surface area contributed by atoms with Gasteiger partial charge in [0.1, 0.15) is 5.82 Å². The summed E-state index contributed by atoms with van der Waals surface area (Å²) in [5.41, 5.74) is 2.29. The monoisotopic (exact) mass is 389 g/mol. The maximum absolute atomic E-state index is 13.6. The number of hydrogen-bond donors (Lipinski definition) is 1. The molecule has 5 heteroatoms. The van der Waals surface area contributed by atoms with Crippen LogP contribution in [-0.4, -0.2) is 6.54 Å². The molecule has 0 fully saturated rings. The summed E-state index contributed by atoms with van der Waals surface area (Å²) in [5, 5.41) is 4.38. The van der Waals surface area contributed by atoms with Gasteiger partial charge in [-0.3, -0.25) is 0 Å². The Kier molecular flexibility index (Phi) is 5.67. The van der Waals surface area contributed by atoms with Crippen LogP contribution in [0.3, 0.4) is 0 Å². The third-order valence-electron chi connectivity index (χ3n) is 3.27. The molecule has 0 aromatic heterocycles. The summed E-state index contributed by atoms with van der Waals surface area (Å²) in [7, 11) is 0. The maximum Gasteiger partial charge on any atom is 0.127 e. The third-order valence-corrected chi connectivity index (χ3v) is 4.42. The lowest BCUT2D eigenvalue weighted by Crippen LogP contribution is -2.23. The molecule has 2 rings (SSSR count). The molecular formula is C16H15BrCl2FN. The lowest BCUT2D eigenvalue weighted by Gasteiger charge is -2.22. The minimum absolute atomic E-state index is 0.178. The summed E-state index contributed by atoms with van der Waals surface area (Å²) in [6.45, 7) is 4.47. The van der Waals surface area contributed by atoms with Crippen LogP contribution in [0.1, 0.15) is 29.7 Å². The zero-order chi connectivity index (χ0) is 15.6. The van der Waals surface area contributed by atoms with Crippen molar-refractivity contribution < 1.29 is 4.39 Å². The SMILES string of the molecule is CCNC(c1ccc(Br)cc1Cl)c1cc(C)c(F)cc1Cl. The highest BCUT2D eigenvalue weighted by Gasteiger charge is 2.20. The first kappa shape index (κ1) is 16.8. The molecule has 1 unspecified atom stereocenters. The molecule has 0 aliphatic rings. The van der Waals surface area contributed by atoms with Crippen molar-refractivity contribution in [1.82, 2.24) is 5.32 Å². The molecule has 0 saturated carbocycles. The van der Waals surface area contributed by atoms with Gasteiger partial charge in [0.25, 0.3) is 0 Å². The third kappa shape index (κ3) is 3.78. The second kappa shape index (κ2) is 7.10. The Bertz CT molecular complexity index is 661. The van der Waals surface area contributed by atoms with E-state index >= 15 is 0 Å². The molecule has 0 aliphatic carbocycles. The second-order valence-electron chi connectivity index (χ2n) is 4.78. The summed E-state index contributed by atoms with van der Waals surface area (Å²) in [4.78, 5) is 0. The minimum Gasteiger partial charge on any atom is -0.306 e. The molecule has 1 atom stereocenters. The fourth-order valence-electron chi connectivity index (χ4n) is 2.23. The van der Waals surface area contributed by atoms with E-state index in [0.717, 1.165) is 22.1 Å². The fourth-order valence-corrected chi connectivity index (χ4v) is 3.27. The van der Waals surface area contributed by atoms with E-state index in [1.807, 2.05) is 25.1 Å². The van der Waals surface area contributed by atoms with Gasteiger partial charge in [-0.15, -0.1) is 0 Å². The van der Waals surface area contributed by atoms with Gasteiger partial charge in [-0.25, -0.2) is 4.39 Å². The minimum atomic E-state index is -0.305. The average molecular weight is 391 g/mol. The summed E-state index contributed by atoms with van der Waals surface area (Å²) < 4.78 is 14.5. The largest absolute Gasteiger partial charge is 0.306 e. The van der Waals surface area contributed by atoms with E-state index in [9.17, 15) is 4.39 Å². The Morgan fingerprint density at radius 1 is 1.14 bits per heavy atom. The molecule has 1 nitrogen and oxygen atoms in total. The Hall–Kier alpha value is -0.610. The maximum atomic E-state index is 13.6. The first-order chi connectivity index (χ1) is 9.93. The van der Waals surface area contributed by atoms with Crippen molar-refractivity contribution in [3.8, 4) is 0 Å². The molecule has 2 aromatic carbocycles. The average Bonchev–Trinajstić information content (AvgIpc) is 2.41. The van der Waals surface area contributed by atoms with Crippen LogP contribution < -0.4 is 5.32 Å². The number of nitrogens with one attached hydrogen (secondary N) is 1. The van der Waals surface area contributed by atoms with Crippen LogP contribution >= 0.6 is 39.1 Å². The van der Waals surface area contributed by atoms with E-state index in [-0.39, 0.29) is 11.9 Å².